The molecule has 4 rings (SSSR count). The van der Waals surface area contributed by atoms with Gasteiger partial charge in [-0.05, 0) is 37.1 Å². The molecule has 0 saturated carbocycles. The minimum Gasteiger partial charge on any atom is -0.507 e. The Bertz CT molecular complexity index is 872. The second-order valence-electron chi connectivity index (χ2n) is 6.23. The van der Waals surface area contributed by atoms with Gasteiger partial charge in [-0.25, -0.2) is 9.97 Å². The molecule has 1 aromatic heterocycles. The maximum atomic E-state index is 10.2. The predicted octanol–water partition coefficient (Wildman–Crippen LogP) is 2.93. The van der Waals surface area contributed by atoms with Crippen LogP contribution in [-0.4, -0.2) is 34.2 Å². The summed E-state index contributed by atoms with van der Waals surface area (Å²) in [6, 6.07) is 15.5. The number of hydrogen-bond acceptors (Lipinski definition) is 5. The molecule has 0 unspecified atom stereocenters. The van der Waals surface area contributed by atoms with Crippen molar-refractivity contribution >= 4 is 16.7 Å². The molecule has 0 atom stereocenters. The van der Waals surface area contributed by atoms with Crippen molar-refractivity contribution in [3.8, 4) is 17.1 Å². The first-order valence-corrected chi connectivity index (χ1v) is 8.28. The Hall–Kier alpha value is -2.66. The molecule has 0 bridgehead atoms. The van der Waals surface area contributed by atoms with E-state index in [4.69, 9.17) is 10.7 Å². The SMILES string of the molecule is NC1CCN(c2nc(-c3ccccc3O)nc3ccccc23)CC1. The number of aromatic nitrogens is 2. The minimum atomic E-state index is 0.194. The highest BCUT2D eigenvalue weighted by atomic mass is 16.3. The smallest absolute Gasteiger partial charge is 0.165 e. The van der Waals surface area contributed by atoms with E-state index in [1.54, 1.807) is 12.1 Å². The van der Waals surface area contributed by atoms with Crippen LogP contribution in [0.25, 0.3) is 22.3 Å². The molecule has 5 heteroatoms. The zero-order chi connectivity index (χ0) is 16.5. The van der Waals surface area contributed by atoms with Gasteiger partial charge in [-0.1, -0.05) is 24.3 Å². The van der Waals surface area contributed by atoms with Crippen molar-refractivity contribution in [1.29, 1.82) is 0 Å². The number of hydrogen-bond donors (Lipinski definition) is 2. The Morgan fingerprint density at radius 3 is 2.46 bits per heavy atom. The molecule has 1 fully saturated rings. The summed E-state index contributed by atoms with van der Waals surface area (Å²) in [5, 5.41) is 11.2. The fourth-order valence-corrected chi connectivity index (χ4v) is 3.20. The Morgan fingerprint density at radius 2 is 1.67 bits per heavy atom. The molecule has 2 aromatic carbocycles. The van der Waals surface area contributed by atoms with Crippen molar-refractivity contribution in [3.63, 3.8) is 0 Å². The third-order valence-corrected chi connectivity index (χ3v) is 4.57. The minimum absolute atomic E-state index is 0.194. The van der Waals surface area contributed by atoms with E-state index in [1.807, 2.05) is 36.4 Å². The first-order valence-electron chi connectivity index (χ1n) is 8.28. The largest absolute Gasteiger partial charge is 0.507 e. The summed E-state index contributed by atoms with van der Waals surface area (Å²) in [5.41, 5.74) is 7.57. The quantitative estimate of drug-likeness (QED) is 0.759. The zero-order valence-corrected chi connectivity index (χ0v) is 13.4. The Morgan fingerprint density at radius 1 is 0.958 bits per heavy atom. The van der Waals surface area contributed by atoms with Crippen molar-refractivity contribution in [2.75, 3.05) is 18.0 Å². The molecular formula is C19H20N4O. The molecule has 3 aromatic rings. The summed E-state index contributed by atoms with van der Waals surface area (Å²) in [6.45, 7) is 1.78. The third-order valence-electron chi connectivity index (χ3n) is 4.57. The van der Waals surface area contributed by atoms with Crippen molar-refractivity contribution in [2.45, 2.75) is 18.9 Å². The van der Waals surface area contributed by atoms with Crippen LogP contribution in [0.4, 0.5) is 5.82 Å². The van der Waals surface area contributed by atoms with Crippen molar-refractivity contribution in [2.24, 2.45) is 5.73 Å². The molecular weight excluding hydrogens is 300 g/mol. The Balaban J connectivity index is 1.87. The molecule has 122 valence electrons. The van der Waals surface area contributed by atoms with E-state index in [0.29, 0.717) is 11.4 Å². The van der Waals surface area contributed by atoms with Crippen LogP contribution < -0.4 is 10.6 Å². The van der Waals surface area contributed by atoms with E-state index < -0.39 is 0 Å². The Labute approximate surface area is 140 Å². The lowest BCUT2D eigenvalue weighted by molar-refractivity contribution is 0.477. The van der Waals surface area contributed by atoms with Crippen LogP contribution >= 0.6 is 0 Å². The number of rotatable bonds is 2. The molecule has 1 saturated heterocycles. The van der Waals surface area contributed by atoms with Crippen molar-refractivity contribution in [3.05, 3.63) is 48.5 Å². The average Bonchev–Trinajstić information content (AvgIpc) is 2.62. The van der Waals surface area contributed by atoms with Crippen LogP contribution in [0.15, 0.2) is 48.5 Å². The van der Waals surface area contributed by atoms with Gasteiger partial charge in [-0.2, -0.15) is 0 Å². The number of nitrogens with zero attached hydrogens (tertiary/aromatic N) is 3. The van der Waals surface area contributed by atoms with Gasteiger partial charge in [-0.15, -0.1) is 0 Å². The highest BCUT2D eigenvalue weighted by Crippen LogP contribution is 2.32. The van der Waals surface area contributed by atoms with Gasteiger partial charge in [0.25, 0.3) is 0 Å². The maximum Gasteiger partial charge on any atom is 0.165 e. The number of phenolic OH excluding ortho intramolecular Hbond substituents is 1. The van der Waals surface area contributed by atoms with Gasteiger partial charge in [0.1, 0.15) is 11.6 Å². The predicted molar refractivity (Wildman–Crippen MR) is 96.1 cm³/mol. The normalized spacial score (nSPS) is 15.8. The number of nitrogens with two attached hydrogens (primary N) is 1. The third kappa shape index (κ3) is 2.67. The number of phenols is 1. The van der Waals surface area contributed by atoms with Gasteiger partial charge >= 0.3 is 0 Å². The lowest BCUT2D eigenvalue weighted by atomic mass is 10.1. The Kier molecular flexibility index (Phi) is 3.78. The van der Waals surface area contributed by atoms with Gasteiger partial charge in [0, 0.05) is 24.5 Å². The lowest BCUT2D eigenvalue weighted by Crippen LogP contribution is -2.40. The number of fused-ring (bicyclic) bond motifs is 1. The van der Waals surface area contributed by atoms with Crippen molar-refractivity contribution in [1.82, 2.24) is 9.97 Å². The lowest BCUT2D eigenvalue weighted by Gasteiger charge is -2.32. The van der Waals surface area contributed by atoms with Gasteiger partial charge < -0.3 is 15.7 Å². The zero-order valence-electron chi connectivity index (χ0n) is 13.4. The van der Waals surface area contributed by atoms with Crippen LogP contribution in [0.2, 0.25) is 0 Å². The molecule has 1 aliphatic heterocycles. The van der Waals surface area contributed by atoms with Crippen molar-refractivity contribution < 1.29 is 5.11 Å². The monoisotopic (exact) mass is 320 g/mol. The van der Waals surface area contributed by atoms with Gasteiger partial charge in [0.15, 0.2) is 5.82 Å². The highest BCUT2D eigenvalue weighted by Gasteiger charge is 2.21. The van der Waals surface area contributed by atoms with Crippen LogP contribution in [-0.2, 0) is 0 Å². The summed E-state index contributed by atoms with van der Waals surface area (Å²) < 4.78 is 0. The standard InChI is InChI=1S/C19H20N4O/c20-13-9-11-23(12-10-13)19-14-5-1-3-7-16(14)21-18(22-19)15-6-2-4-8-17(15)24/h1-8,13,24H,9-12,20H2. The summed E-state index contributed by atoms with van der Waals surface area (Å²) in [6.07, 6.45) is 1.93. The second kappa shape index (κ2) is 6.09. The molecule has 0 spiro atoms. The molecule has 1 aliphatic rings. The van der Waals surface area contributed by atoms with E-state index >= 15 is 0 Å². The van der Waals surface area contributed by atoms with E-state index in [0.717, 1.165) is 42.7 Å². The van der Waals surface area contributed by atoms with Crippen LogP contribution in [0.1, 0.15) is 12.8 Å². The number of para-hydroxylation sites is 2. The summed E-state index contributed by atoms with van der Waals surface area (Å²) in [7, 11) is 0. The first kappa shape index (κ1) is 14.9. The molecule has 0 radical (unpaired) electrons. The second-order valence-corrected chi connectivity index (χ2v) is 6.23. The molecule has 3 N–H and O–H groups in total. The van der Waals surface area contributed by atoms with E-state index in [9.17, 15) is 5.11 Å². The maximum absolute atomic E-state index is 10.2. The first-order chi connectivity index (χ1) is 11.7. The van der Waals surface area contributed by atoms with E-state index in [1.165, 1.54) is 0 Å². The van der Waals surface area contributed by atoms with Gasteiger partial charge in [0.2, 0.25) is 0 Å². The highest BCUT2D eigenvalue weighted by molar-refractivity contribution is 5.91. The number of anilines is 1. The molecule has 0 aliphatic carbocycles. The molecule has 2 heterocycles. The fourth-order valence-electron chi connectivity index (χ4n) is 3.20. The average molecular weight is 320 g/mol. The summed E-state index contributed by atoms with van der Waals surface area (Å²) in [4.78, 5) is 11.7. The number of piperidine rings is 1. The van der Waals surface area contributed by atoms with E-state index in [-0.39, 0.29) is 11.8 Å². The van der Waals surface area contributed by atoms with Gasteiger partial charge in [-0.3, -0.25) is 0 Å². The fraction of sp³-hybridized carbons (Fsp3) is 0.263. The topological polar surface area (TPSA) is 75.3 Å². The van der Waals surface area contributed by atoms with E-state index in [2.05, 4.69) is 9.88 Å². The van der Waals surface area contributed by atoms with Crippen LogP contribution in [0, 0.1) is 0 Å². The van der Waals surface area contributed by atoms with Gasteiger partial charge in [0.05, 0.1) is 11.1 Å². The molecule has 5 nitrogen and oxygen atoms in total. The summed E-state index contributed by atoms with van der Waals surface area (Å²) >= 11 is 0. The number of benzene rings is 2. The number of aromatic hydroxyl groups is 1. The summed E-state index contributed by atoms with van der Waals surface area (Å²) in [5.74, 6) is 1.67. The molecule has 24 heavy (non-hydrogen) atoms. The molecule has 0 amide bonds. The van der Waals surface area contributed by atoms with Crippen LogP contribution in [0.3, 0.4) is 0 Å². The van der Waals surface area contributed by atoms with Crippen LogP contribution in [0.5, 0.6) is 5.75 Å².